The Morgan fingerprint density at radius 1 is 1.04 bits per heavy atom. The maximum Gasteiger partial charge on any atom is 0.243 e. The summed E-state index contributed by atoms with van der Waals surface area (Å²) in [5, 5.41) is 7.78. The Kier molecular flexibility index (Phi) is 4.67. The van der Waals surface area contributed by atoms with Gasteiger partial charge in [-0.25, -0.2) is 13.1 Å². The van der Waals surface area contributed by atoms with Gasteiger partial charge >= 0.3 is 0 Å². The van der Waals surface area contributed by atoms with Gasteiger partial charge in [-0.3, -0.25) is 0 Å². The molecule has 27 heavy (non-hydrogen) atoms. The van der Waals surface area contributed by atoms with Crippen LogP contribution in [0.25, 0.3) is 11.1 Å². The second kappa shape index (κ2) is 7.13. The van der Waals surface area contributed by atoms with E-state index in [2.05, 4.69) is 10.3 Å². The van der Waals surface area contributed by atoms with E-state index in [1.807, 2.05) is 36.4 Å². The first-order valence-corrected chi connectivity index (χ1v) is 10.1. The fourth-order valence-electron chi connectivity index (χ4n) is 3.31. The standard InChI is InChI=1S/C19H20N4O3S/c1-26-18-6-2-15(3-7-18)16-4-8-19(9-5-16)27(24,25)22-12-10-17(14-22)23-13-11-20-21-23/h2-9,11,13,17H,10,12,14H2,1H3. The third kappa shape index (κ3) is 3.45. The normalized spacial score (nSPS) is 17.9. The Labute approximate surface area is 158 Å². The summed E-state index contributed by atoms with van der Waals surface area (Å²) in [5.41, 5.74) is 1.96. The SMILES string of the molecule is COc1ccc(-c2ccc(S(=O)(=O)N3CCC(n4ccnn4)C3)cc2)cc1. The van der Waals surface area contributed by atoms with E-state index in [4.69, 9.17) is 4.74 Å². The Morgan fingerprint density at radius 3 is 2.30 bits per heavy atom. The van der Waals surface area contributed by atoms with Crippen LogP contribution in [0.15, 0.2) is 65.8 Å². The maximum atomic E-state index is 12.9. The highest BCUT2D eigenvalue weighted by Gasteiger charge is 2.33. The minimum atomic E-state index is -3.52. The predicted molar refractivity (Wildman–Crippen MR) is 101 cm³/mol. The minimum absolute atomic E-state index is 0.0286. The molecule has 0 bridgehead atoms. The third-order valence-corrected chi connectivity index (χ3v) is 6.74. The van der Waals surface area contributed by atoms with Gasteiger partial charge in [0.05, 0.1) is 24.2 Å². The molecule has 4 rings (SSSR count). The molecule has 1 aromatic heterocycles. The summed E-state index contributed by atoms with van der Waals surface area (Å²) < 4.78 is 34.3. The molecule has 1 aliphatic rings. The van der Waals surface area contributed by atoms with E-state index in [1.165, 1.54) is 4.31 Å². The quantitative estimate of drug-likeness (QED) is 0.676. The van der Waals surface area contributed by atoms with E-state index in [-0.39, 0.29) is 6.04 Å². The summed E-state index contributed by atoms with van der Waals surface area (Å²) in [6.45, 7) is 0.888. The van der Waals surface area contributed by atoms with Crippen LogP contribution in [0.1, 0.15) is 12.5 Å². The summed E-state index contributed by atoms with van der Waals surface area (Å²) >= 11 is 0. The van der Waals surface area contributed by atoms with Crippen molar-refractivity contribution in [2.45, 2.75) is 17.4 Å². The zero-order valence-electron chi connectivity index (χ0n) is 14.9. The number of hydrogen-bond acceptors (Lipinski definition) is 5. The molecule has 8 heteroatoms. The van der Waals surface area contributed by atoms with E-state index < -0.39 is 10.0 Å². The molecule has 0 spiro atoms. The number of methoxy groups -OCH3 is 1. The summed E-state index contributed by atoms with van der Waals surface area (Å²) in [4.78, 5) is 0.305. The smallest absolute Gasteiger partial charge is 0.243 e. The van der Waals surface area contributed by atoms with Crippen LogP contribution in [-0.2, 0) is 10.0 Å². The van der Waals surface area contributed by atoms with Crippen LogP contribution in [-0.4, -0.2) is 47.9 Å². The van der Waals surface area contributed by atoms with Crippen LogP contribution in [0.2, 0.25) is 0 Å². The highest BCUT2D eigenvalue weighted by Crippen LogP contribution is 2.28. The van der Waals surface area contributed by atoms with E-state index in [9.17, 15) is 8.42 Å². The molecule has 2 aromatic carbocycles. The van der Waals surface area contributed by atoms with E-state index >= 15 is 0 Å². The molecule has 140 valence electrons. The summed E-state index contributed by atoms with van der Waals surface area (Å²) in [6, 6.07) is 14.7. The Hall–Kier alpha value is -2.71. The molecule has 0 radical (unpaired) electrons. The van der Waals surface area contributed by atoms with Crippen molar-refractivity contribution in [1.29, 1.82) is 0 Å². The molecule has 1 aliphatic heterocycles. The van der Waals surface area contributed by atoms with Crippen molar-refractivity contribution >= 4 is 10.0 Å². The van der Waals surface area contributed by atoms with Gasteiger partial charge in [-0.05, 0) is 41.8 Å². The number of nitrogens with zero attached hydrogens (tertiary/aromatic N) is 4. The van der Waals surface area contributed by atoms with Gasteiger partial charge in [-0.1, -0.05) is 29.5 Å². The number of rotatable bonds is 5. The summed E-state index contributed by atoms with van der Waals surface area (Å²) in [7, 11) is -1.90. The van der Waals surface area contributed by atoms with Crippen molar-refractivity contribution in [2.24, 2.45) is 0 Å². The zero-order valence-corrected chi connectivity index (χ0v) is 15.7. The van der Waals surface area contributed by atoms with E-state index in [0.29, 0.717) is 18.0 Å². The lowest BCUT2D eigenvalue weighted by Crippen LogP contribution is -2.29. The Bertz CT molecular complexity index is 1000. The zero-order chi connectivity index (χ0) is 18.9. The highest BCUT2D eigenvalue weighted by atomic mass is 32.2. The predicted octanol–water partition coefficient (Wildman–Crippen LogP) is 2.59. The van der Waals surface area contributed by atoms with Gasteiger partial charge in [0.2, 0.25) is 10.0 Å². The van der Waals surface area contributed by atoms with E-state index in [1.54, 1.807) is 36.3 Å². The van der Waals surface area contributed by atoms with Crippen LogP contribution in [0.4, 0.5) is 0 Å². The van der Waals surface area contributed by atoms with Gasteiger partial charge in [0, 0.05) is 19.3 Å². The monoisotopic (exact) mass is 384 g/mol. The average molecular weight is 384 g/mol. The molecule has 0 saturated carbocycles. The Balaban J connectivity index is 1.52. The van der Waals surface area contributed by atoms with Gasteiger partial charge < -0.3 is 4.74 Å². The van der Waals surface area contributed by atoms with Crippen LogP contribution in [0.3, 0.4) is 0 Å². The number of aromatic nitrogens is 3. The first-order valence-electron chi connectivity index (χ1n) is 8.68. The third-order valence-electron chi connectivity index (χ3n) is 4.86. The summed E-state index contributed by atoms with van der Waals surface area (Å²) in [5.74, 6) is 0.786. The van der Waals surface area contributed by atoms with E-state index in [0.717, 1.165) is 23.3 Å². The second-order valence-electron chi connectivity index (χ2n) is 6.44. The van der Waals surface area contributed by atoms with Crippen LogP contribution >= 0.6 is 0 Å². The molecule has 1 atom stereocenters. The molecule has 1 saturated heterocycles. The van der Waals surface area contributed by atoms with Crippen LogP contribution < -0.4 is 4.74 Å². The first kappa shape index (κ1) is 17.7. The summed E-state index contributed by atoms with van der Waals surface area (Å²) in [6.07, 6.45) is 4.10. The number of benzene rings is 2. The van der Waals surface area contributed by atoms with Gasteiger partial charge in [-0.15, -0.1) is 5.10 Å². The number of hydrogen-bond donors (Lipinski definition) is 0. The molecule has 7 nitrogen and oxygen atoms in total. The van der Waals surface area contributed by atoms with Crippen LogP contribution in [0, 0.1) is 0 Å². The molecular weight excluding hydrogens is 364 g/mol. The van der Waals surface area contributed by atoms with Gasteiger partial charge in [0.25, 0.3) is 0 Å². The van der Waals surface area contributed by atoms with Crippen molar-refractivity contribution in [2.75, 3.05) is 20.2 Å². The van der Waals surface area contributed by atoms with Crippen LogP contribution in [0.5, 0.6) is 5.75 Å². The van der Waals surface area contributed by atoms with Crippen molar-refractivity contribution < 1.29 is 13.2 Å². The average Bonchev–Trinajstić information content (AvgIpc) is 3.40. The second-order valence-corrected chi connectivity index (χ2v) is 8.38. The van der Waals surface area contributed by atoms with Crippen molar-refractivity contribution in [3.8, 4) is 16.9 Å². The van der Waals surface area contributed by atoms with Crippen molar-refractivity contribution in [3.05, 3.63) is 60.9 Å². The minimum Gasteiger partial charge on any atom is -0.497 e. The molecule has 3 aromatic rings. The Morgan fingerprint density at radius 2 is 1.70 bits per heavy atom. The fourth-order valence-corrected chi connectivity index (χ4v) is 4.80. The lowest BCUT2D eigenvalue weighted by atomic mass is 10.1. The molecular formula is C19H20N4O3S. The van der Waals surface area contributed by atoms with Gasteiger partial charge in [-0.2, -0.15) is 4.31 Å². The lowest BCUT2D eigenvalue weighted by molar-refractivity contribution is 0.415. The van der Waals surface area contributed by atoms with Crippen molar-refractivity contribution in [1.82, 2.24) is 19.3 Å². The number of ether oxygens (including phenoxy) is 1. The molecule has 0 aliphatic carbocycles. The molecule has 2 heterocycles. The fraction of sp³-hybridized carbons (Fsp3) is 0.263. The number of sulfonamides is 1. The first-order chi connectivity index (χ1) is 13.1. The van der Waals surface area contributed by atoms with Gasteiger partial charge in [0.15, 0.2) is 0 Å². The maximum absolute atomic E-state index is 12.9. The lowest BCUT2D eigenvalue weighted by Gasteiger charge is -2.17. The van der Waals surface area contributed by atoms with Crippen molar-refractivity contribution in [3.63, 3.8) is 0 Å². The van der Waals surface area contributed by atoms with Gasteiger partial charge in [0.1, 0.15) is 5.75 Å². The molecule has 0 N–H and O–H groups in total. The molecule has 1 unspecified atom stereocenters. The molecule has 1 fully saturated rings. The topological polar surface area (TPSA) is 77.3 Å². The molecule has 0 amide bonds. The highest BCUT2D eigenvalue weighted by molar-refractivity contribution is 7.89. The largest absolute Gasteiger partial charge is 0.497 e.